The molecule has 4 N–H and O–H groups in total. The molecular formula is C21H20BrN5O. The Kier molecular flexibility index (Phi) is 6.49. The van der Waals surface area contributed by atoms with Gasteiger partial charge in [-0.05, 0) is 18.4 Å². The zero-order valence-electron chi connectivity index (χ0n) is 15.2. The van der Waals surface area contributed by atoms with Crippen LogP contribution in [-0.4, -0.2) is 21.8 Å². The molecule has 1 aromatic heterocycles. The Labute approximate surface area is 172 Å². The molecule has 0 aliphatic heterocycles. The number of ether oxygens (including phenoxy) is 1. The van der Waals surface area contributed by atoms with Gasteiger partial charge in [-0.2, -0.15) is 0 Å². The van der Waals surface area contributed by atoms with E-state index in [0.717, 1.165) is 28.5 Å². The van der Waals surface area contributed by atoms with E-state index in [9.17, 15) is 0 Å². The van der Waals surface area contributed by atoms with Gasteiger partial charge in [-0.3, -0.25) is 10.8 Å². The predicted molar refractivity (Wildman–Crippen MR) is 116 cm³/mol. The number of allylic oxidation sites excluding steroid dienone is 11. The van der Waals surface area contributed by atoms with E-state index >= 15 is 0 Å². The summed E-state index contributed by atoms with van der Waals surface area (Å²) in [6.07, 6.45) is 21.1. The highest BCUT2D eigenvalue weighted by Gasteiger charge is 2.17. The number of anilines is 1. The van der Waals surface area contributed by atoms with Crippen LogP contribution in [0.1, 0.15) is 30.7 Å². The third kappa shape index (κ3) is 5.01. The maximum Gasteiger partial charge on any atom is 0.243 e. The topological polar surface area (TPSA) is 109 Å². The molecule has 0 saturated heterocycles. The first-order valence-corrected chi connectivity index (χ1v) is 9.55. The van der Waals surface area contributed by atoms with E-state index in [4.69, 9.17) is 21.3 Å². The maximum atomic E-state index is 8.21. The molecule has 0 bridgehead atoms. The number of aromatic nitrogens is 2. The summed E-state index contributed by atoms with van der Waals surface area (Å²) in [7, 11) is 0. The van der Waals surface area contributed by atoms with Crippen LogP contribution in [0.3, 0.4) is 0 Å². The fraction of sp³-hybridized carbons (Fsp3) is 0.143. The van der Waals surface area contributed by atoms with Crippen molar-refractivity contribution in [2.45, 2.75) is 19.3 Å². The number of halogens is 1. The SMILES string of the molecule is N=C(CC1=CC=CCC=C1)OC(=N)c1nc(C2=C(Br)CC=CC=C2)cnc1N. The van der Waals surface area contributed by atoms with Crippen molar-refractivity contribution in [2.24, 2.45) is 0 Å². The average Bonchev–Trinajstić information content (AvgIpc) is 3.04. The minimum Gasteiger partial charge on any atom is -0.423 e. The van der Waals surface area contributed by atoms with E-state index in [1.807, 2.05) is 54.7 Å². The summed E-state index contributed by atoms with van der Waals surface area (Å²) in [6, 6.07) is 0. The summed E-state index contributed by atoms with van der Waals surface area (Å²) in [5.74, 6) is -0.259. The lowest BCUT2D eigenvalue weighted by molar-refractivity contribution is 0.521. The third-order valence-corrected chi connectivity index (χ3v) is 4.78. The first-order chi connectivity index (χ1) is 13.5. The lowest BCUT2D eigenvalue weighted by atomic mass is 10.1. The molecule has 2 aliphatic rings. The Bertz CT molecular complexity index is 983. The second-order valence-corrected chi connectivity index (χ2v) is 7.10. The second kappa shape index (κ2) is 9.23. The van der Waals surface area contributed by atoms with Gasteiger partial charge in [0.05, 0.1) is 11.9 Å². The van der Waals surface area contributed by atoms with Crippen LogP contribution in [0.4, 0.5) is 5.82 Å². The minimum atomic E-state index is -0.293. The Morgan fingerprint density at radius 2 is 2.00 bits per heavy atom. The molecule has 3 rings (SSSR count). The first kappa shape index (κ1) is 19.7. The second-order valence-electron chi connectivity index (χ2n) is 6.14. The molecule has 0 atom stereocenters. The van der Waals surface area contributed by atoms with Gasteiger partial charge in [0.15, 0.2) is 17.4 Å². The van der Waals surface area contributed by atoms with Crippen LogP contribution in [0.25, 0.3) is 5.57 Å². The van der Waals surface area contributed by atoms with Gasteiger partial charge in [0, 0.05) is 16.5 Å². The van der Waals surface area contributed by atoms with Gasteiger partial charge in [-0.1, -0.05) is 70.6 Å². The van der Waals surface area contributed by atoms with Crippen molar-refractivity contribution in [2.75, 3.05) is 5.73 Å². The van der Waals surface area contributed by atoms with Crippen LogP contribution in [0.15, 0.2) is 70.9 Å². The molecule has 142 valence electrons. The molecule has 2 aliphatic carbocycles. The van der Waals surface area contributed by atoms with Crippen LogP contribution in [0.5, 0.6) is 0 Å². The summed E-state index contributed by atoms with van der Waals surface area (Å²) in [5, 5.41) is 16.3. The molecule has 0 spiro atoms. The summed E-state index contributed by atoms with van der Waals surface area (Å²) in [5.41, 5.74) is 8.40. The molecule has 0 fully saturated rings. The quantitative estimate of drug-likeness (QED) is 0.462. The Hall–Kier alpha value is -3.06. The lowest BCUT2D eigenvalue weighted by Gasteiger charge is -2.11. The average molecular weight is 438 g/mol. The number of rotatable bonds is 4. The summed E-state index contributed by atoms with van der Waals surface area (Å²) < 4.78 is 6.34. The van der Waals surface area contributed by atoms with Crippen molar-refractivity contribution in [3.05, 3.63) is 82.3 Å². The normalized spacial score (nSPS) is 15.8. The van der Waals surface area contributed by atoms with Gasteiger partial charge < -0.3 is 10.5 Å². The van der Waals surface area contributed by atoms with E-state index in [-0.39, 0.29) is 29.7 Å². The number of nitrogen functional groups attached to an aromatic ring is 1. The number of nitrogens with two attached hydrogens (primary N) is 1. The van der Waals surface area contributed by atoms with Crippen molar-refractivity contribution in [1.29, 1.82) is 10.8 Å². The highest BCUT2D eigenvalue weighted by molar-refractivity contribution is 9.11. The fourth-order valence-electron chi connectivity index (χ4n) is 2.66. The molecule has 0 saturated carbocycles. The van der Waals surface area contributed by atoms with Crippen molar-refractivity contribution in [3.8, 4) is 0 Å². The van der Waals surface area contributed by atoms with Crippen LogP contribution < -0.4 is 5.73 Å². The van der Waals surface area contributed by atoms with Crippen LogP contribution in [-0.2, 0) is 4.74 Å². The molecule has 0 radical (unpaired) electrons. The Morgan fingerprint density at radius 1 is 1.14 bits per heavy atom. The number of hydrogen-bond acceptors (Lipinski definition) is 6. The highest BCUT2D eigenvalue weighted by atomic mass is 79.9. The van der Waals surface area contributed by atoms with Crippen molar-refractivity contribution in [3.63, 3.8) is 0 Å². The van der Waals surface area contributed by atoms with Crippen LogP contribution in [0, 0.1) is 10.8 Å². The van der Waals surface area contributed by atoms with E-state index in [0.29, 0.717) is 5.69 Å². The molecule has 0 unspecified atom stereocenters. The summed E-state index contributed by atoms with van der Waals surface area (Å²) in [4.78, 5) is 8.62. The first-order valence-electron chi connectivity index (χ1n) is 8.76. The molecule has 0 amide bonds. The Morgan fingerprint density at radius 3 is 2.86 bits per heavy atom. The fourth-order valence-corrected chi connectivity index (χ4v) is 3.18. The summed E-state index contributed by atoms with van der Waals surface area (Å²) in [6.45, 7) is 0. The standard InChI is InChI=1S/C21H20BrN5O/c22-16-11-7-3-6-10-15(16)17-13-26-20(24)19(27-17)21(25)28-18(23)12-14-8-4-1-2-5-9-14/h1,3-10,13,23,25H,2,11-12H2,(H2,24,26). The molecule has 28 heavy (non-hydrogen) atoms. The third-order valence-electron chi connectivity index (χ3n) is 4.03. The van der Waals surface area contributed by atoms with E-state index in [1.165, 1.54) is 0 Å². The van der Waals surface area contributed by atoms with Crippen molar-refractivity contribution in [1.82, 2.24) is 9.97 Å². The van der Waals surface area contributed by atoms with E-state index < -0.39 is 0 Å². The van der Waals surface area contributed by atoms with Gasteiger partial charge in [0.25, 0.3) is 0 Å². The smallest absolute Gasteiger partial charge is 0.243 e. The lowest BCUT2D eigenvalue weighted by Crippen LogP contribution is -2.17. The monoisotopic (exact) mass is 437 g/mol. The summed E-state index contributed by atoms with van der Waals surface area (Å²) >= 11 is 3.56. The van der Waals surface area contributed by atoms with E-state index in [2.05, 4.69) is 25.9 Å². The predicted octanol–water partition coefficient (Wildman–Crippen LogP) is 4.83. The molecule has 6 nitrogen and oxygen atoms in total. The molecule has 7 heteroatoms. The van der Waals surface area contributed by atoms with Crippen LogP contribution in [0.2, 0.25) is 0 Å². The molecule has 0 aromatic carbocycles. The molecule has 1 aromatic rings. The maximum absolute atomic E-state index is 8.21. The Balaban J connectivity index is 1.77. The van der Waals surface area contributed by atoms with E-state index in [1.54, 1.807) is 6.20 Å². The largest absolute Gasteiger partial charge is 0.423 e. The van der Waals surface area contributed by atoms with Gasteiger partial charge in [0.2, 0.25) is 5.90 Å². The van der Waals surface area contributed by atoms with Gasteiger partial charge in [-0.25, -0.2) is 9.97 Å². The number of nitrogens with one attached hydrogen (secondary N) is 2. The number of hydrogen-bond donors (Lipinski definition) is 3. The number of nitrogens with zero attached hydrogens (tertiary/aromatic N) is 2. The highest BCUT2D eigenvalue weighted by Crippen LogP contribution is 2.28. The van der Waals surface area contributed by atoms with Crippen LogP contribution >= 0.6 is 15.9 Å². The van der Waals surface area contributed by atoms with Gasteiger partial charge >= 0.3 is 0 Å². The molecular weight excluding hydrogens is 418 g/mol. The minimum absolute atomic E-state index is 0.0539. The molecule has 1 heterocycles. The van der Waals surface area contributed by atoms with Gasteiger partial charge in [-0.15, -0.1) is 0 Å². The van der Waals surface area contributed by atoms with Crippen molar-refractivity contribution >= 4 is 39.1 Å². The zero-order chi connectivity index (χ0) is 19.9. The zero-order valence-corrected chi connectivity index (χ0v) is 16.7. The van der Waals surface area contributed by atoms with Crippen molar-refractivity contribution < 1.29 is 4.74 Å². The van der Waals surface area contributed by atoms with Gasteiger partial charge in [0.1, 0.15) is 0 Å².